The Kier molecular flexibility index (Phi) is 4.88. The first-order valence-electron chi connectivity index (χ1n) is 8.11. The molecule has 25 heavy (non-hydrogen) atoms. The van der Waals surface area contributed by atoms with E-state index in [0.717, 1.165) is 0 Å². The van der Waals surface area contributed by atoms with E-state index in [1.165, 1.54) is 0 Å². The van der Waals surface area contributed by atoms with Gasteiger partial charge in [-0.25, -0.2) is 0 Å². The Morgan fingerprint density at radius 3 is 2.44 bits per heavy atom. The Morgan fingerprint density at radius 1 is 1.00 bits per heavy atom. The summed E-state index contributed by atoms with van der Waals surface area (Å²) in [6.07, 6.45) is 0. The maximum absolute atomic E-state index is 12.6. The van der Waals surface area contributed by atoms with Crippen LogP contribution in [0.25, 0.3) is 0 Å². The Balaban J connectivity index is 1.70. The molecule has 2 N–H and O–H groups in total. The van der Waals surface area contributed by atoms with E-state index in [1.54, 1.807) is 42.5 Å². The standard InChI is InChI=1S/C19H20N2O4/c1-12(2)17(21-18(22)13-6-4-3-5-7-13)19(23)20-14-8-9-15-16(10-14)25-11-24-15/h3-10,12,17H,11H2,1-2H3,(H,20,23)(H,21,22)/t17-/m0/s1. The largest absolute Gasteiger partial charge is 0.454 e. The van der Waals surface area contributed by atoms with E-state index in [1.807, 2.05) is 19.9 Å². The van der Waals surface area contributed by atoms with Crippen molar-refractivity contribution in [3.05, 3.63) is 54.1 Å². The highest BCUT2D eigenvalue weighted by molar-refractivity contribution is 6.01. The van der Waals surface area contributed by atoms with Crippen LogP contribution in [0.15, 0.2) is 48.5 Å². The molecule has 0 aliphatic carbocycles. The van der Waals surface area contributed by atoms with Crippen molar-refractivity contribution in [3.8, 4) is 11.5 Å². The van der Waals surface area contributed by atoms with E-state index in [9.17, 15) is 9.59 Å². The van der Waals surface area contributed by atoms with Gasteiger partial charge in [-0.1, -0.05) is 32.0 Å². The molecule has 3 rings (SSSR count). The third kappa shape index (κ3) is 3.91. The molecule has 6 heteroatoms. The Bertz CT molecular complexity index is 774. The lowest BCUT2D eigenvalue weighted by atomic mass is 10.0. The molecule has 1 heterocycles. The van der Waals surface area contributed by atoms with Crippen molar-refractivity contribution in [2.45, 2.75) is 19.9 Å². The predicted octanol–water partition coefficient (Wildman–Crippen LogP) is 2.81. The second kappa shape index (κ2) is 7.25. The average molecular weight is 340 g/mol. The summed E-state index contributed by atoms with van der Waals surface area (Å²) in [6, 6.07) is 13.4. The van der Waals surface area contributed by atoms with Gasteiger partial charge >= 0.3 is 0 Å². The lowest BCUT2D eigenvalue weighted by molar-refractivity contribution is -0.118. The van der Waals surface area contributed by atoms with Crippen LogP contribution in [-0.4, -0.2) is 24.6 Å². The van der Waals surface area contributed by atoms with Crippen LogP contribution in [0.5, 0.6) is 11.5 Å². The molecular formula is C19H20N2O4. The Hall–Kier alpha value is -3.02. The molecule has 2 aromatic rings. The van der Waals surface area contributed by atoms with Crippen molar-refractivity contribution >= 4 is 17.5 Å². The van der Waals surface area contributed by atoms with E-state index < -0.39 is 6.04 Å². The first-order valence-corrected chi connectivity index (χ1v) is 8.11. The lowest BCUT2D eigenvalue weighted by Gasteiger charge is -2.22. The molecule has 0 saturated heterocycles. The zero-order valence-corrected chi connectivity index (χ0v) is 14.1. The van der Waals surface area contributed by atoms with Gasteiger partial charge in [-0.15, -0.1) is 0 Å². The van der Waals surface area contributed by atoms with Gasteiger partial charge in [0.05, 0.1) is 0 Å². The molecule has 0 aromatic heterocycles. The van der Waals surface area contributed by atoms with Gasteiger partial charge in [0.15, 0.2) is 11.5 Å². The summed E-state index contributed by atoms with van der Waals surface area (Å²) in [6.45, 7) is 3.94. The van der Waals surface area contributed by atoms with Crippen LogP contribution in [0, 0.1) is 5.92 Å². The highest BCUT2D eigenvalue weighted by atomic mass is 16.7. The average Bonchev–Trinajstić information content (AvgIpc) is 3.07. The summed E-state index contributed by atoms with van der Waals surface area (Å²) in [4.78, 5) is 25.0. The fraction of sp³-hybridized carbons (Fsp3) is 0.263. The quantitative estimate of drug-likeness (QED) is 0.877. The van der Waals surface area contributed by atoms with Gasteiger partial charge in [0.1, 0.15) is 6.04 Å². The number of carbonyl (C=O) groups is 2. The van der Waals surface area contributed by atoms with Crippen LogP contribution < -0.4 is 20.1 Å². The smallest absolute Gasteiger partial charge is 0.251 e. The number of carbonyl (C=O) groups excluding carboxylic acids is 2. The van der Waals surface area contributed by atoms with Crippen LogP contribution in [-0.2, 0) is 4.79 Å². The molecule has 2 aromatic carbocycles. The van der Waals surface area contributed by atoms with Crippen LogP contribution in [0.1, 0.15) is 24.2 Å². The number of nitrogens with one attached hydrogen (secondary N) is 2. The number of amides is 2. The van der Waals surface area contributed by atoms with Gasteiger partial charge in [-0.05, 0) is 30.2 Å². The van der Waals surface area contributed by atoms with Gasteiger partial charge in [0, 0.05) is 17.3 Å². The maximum atomic E-state index is 12.6. The SMILES string of the molecule is CC(C)[C@H](NC(=O)c1ccccc1)C(=O)Nc1ccc2c(c1)OCO2. The number of hydrogen-bond donors (Lipinski definition) is 2. The summed E-state index contributed by atoms with van der Waals surface area (Å²) in [5.41, 5.74) is 1.11. The molecule has 130 valence electrons. The number of rotatable bonds is 5. The van der Waals surface area contributed by atoms with E-state index in [4.69, 9.17) is 9.47 Å². The molecule has 0 unspecified atom stereocenters. The van der Waals surface area contributed by atoms with E-state index in [-0.39, 0.29) is 24.5 Å². The zero-order chi connectivity index (χ0) is 17.8. The molecule has 0 fully saturated rings. The molecule has 0 spiro atoms. The van der Waals surface area contributed by atoms with Crippen molar-refractivity contribution in [1.29, 1.82) is 0 Å². The lowest BCUT2D eigenvalue weighted by Crippen LogP contribution is -2.47. The molecule has 2 amide bonds. The summed E-state index contributed by atoms with van der Waals surface area (Å²) >= 11 is 0. The third-order valence-electron chi connectivity index (χ3n) is 3.91. The normalized spacial score (nSPS) is 13.4. The first-order chi connectivity index (χ1) is 12.0. The molecule has 0 bridgehead atoms. The van der Waals surface area contributed by atoms with Crippen molar-refractivity contribution in [2.24, 2.45) is 5.92 Å². The van der Waals surface area contributed by atoms with E-state index in [0.29, 0.717) is 22.7 Å². The summed E-state index contributed by atoms with van der Waals surface area (Å²) in [5.74, 6) is 0.614. The zero-order valence-electron chi connectivity index (χ0n) is 14.1. The highest BCUT2D eigenvalue weighted by Crippen LogP contribution is 2.34. The van der Waals surface area contributed by atoms with Gasteiger partial charge in [0.2, 0.25) is 12.7 Å². The topological polar surface area (TPSA) is 76.7 Å². The Morgan fingerprint density at radius 2 is 1.72 bits per heavy atom. The van der Waals surface area contributed by atoms with E-state index >= 15 is 0 Å². The molecule has 6 nitrogen and oxygen atoms in total. The number of fused-ring (bicyclic) bond motifs is 1. The van der Waals surface area contributed by atoms with Gasteiger partial charge < -0.3 is 20.1 Å². The van der Waals surface area contributed by atoms with Crippen LogP contribution in [0.4, 0.5) is 5.69 Å². The van der Waals surface area contributed by atoms with Gasteiger partial charge in [0.25, 0.3) is 5.91 Å². The van der Waals surface area contributed by atoms with Crippen LogP contribution in [0.2, 0.25) is 0 Å². The fourth-order valence-corrected chi connectivity index (χ4v) is 2.54. The molecule has 1 atom stereocenters. The monoisotopic (exact) mass is 340 g/mol. The molecule has 1 aliphatic rings. The number of benzene rings is 2. The number of anilines is 1. The van der Waals surface area contributed by atoms with Gasteiger partial charge in [-0.3, -0.25) is 9.59 Å². The van der Waals surface area contributed by atoms with Crippen molar-refractivity contribution in [3.63, 3.8) is 0 Å². The van der Waals surface area contributed by atoms with Crippen molar-refractivity contribution in [2.75, 3.05) is 12.1 Å². The second-order valence-electron chi connectivity index (χ2n) is 6.12. The summed E-state index contributed by atoms with van der Waals surface area (Å²) < 4.78 is 10.6. The minimum Gasteiger partial charge on any atom is -0.454 e. The first kappa shape index (κ1) is 16.8. The minimum atomic E-state index is -0.655. The van der Waals surface area contributed by atoms with Crippen molar-refractivity contribution < 1.29 is 19.1 Å². The summed E-state index contributed by atoms with van der Waals surface area (Å²) in [5, 5.41) is 5.62. The fourth-order valence-electron chi connectivity index (χ4n) is 2.54. The predicted molar refractivity (Wildman–Crippen MR) is 93.7 cm³/mol. The molecular weight excluding hydrogens is 320 g/mol. The molecule has 0 saturated carbocycles. The third-order valence-corrected chi connectivity index (χ3v) is 3.91. The van der Waals surface area contributed by atoms with Crippen molar-refractivity contribution in [1.82, 2.24) is 5.32 Å². The van der Waals surface area contributed by atoms with Crippen LogP contribution >= 0.6 is 0 Å². The molecule has 0 radical (unpaired) electrons. The maximum Gasteiger partial charge on any atom is 0.251 e. The van der Waals surface area contributed by atoms with Gasteiger partial charge in [-0.2, -0.15) is 0 Å². The summed E-state index contributed by atoms with van der Waals surface area (Å²) in [7, 11) is 0. The Labute approximate surface area is 146 Å². The minimum absolute atomic E-state index is 0.0679. The van der Waals surface area contributed by atoms with E-state index in [2.05, 4.69) is 10.6 Å². The number of hydrogen-bond acceptors (Lipinski definition) is 4. The molecule has 1 aliphatic heterocycles. The highest BCUT2D eigenvalue weighted by Gasteiger charge is 2.25. The van der Waals surface area contributed by atoms with Crippen LogP contribution in [0.3, 0.4) is 0 Å². The number of ether oxygens (including phenoxy) is 2. The second-order valence-corrected chi connectivity index (χ2v) is 6.12.